The molecule has 1 amide bonds. The van der Waals surface area contributed by atoms with Crippen molar-refractivity contribution in [3.63, 3.8) is 0 Å². The summed E-state index contributed by atoms with van der Waals surface area (Å²) in [7, 11) is 0. The van der Waals surface area contributed by atoms with Crippen molar-refractivity contribution in [3.8, 4) is 0 Å². The standard InChI is InChI=1S/C14H18F2N2O2S/c15-14(16)21-12-4-2-1-3-11(12)13(20)18-7-5-17(6-8-18)9-10-19/h1-4,14,19H,5-10H2. The van der Waals surface area contributed by atoms with Crippen molar-refractivity contribution in [3.05, 3.63) is 29.8 Å². The van der Waals surface area contributed by atoms with Gasteiger partial charge in [0, 0.05) is 37.6 Å². The lowest BCUT2D eigenvalue weighted by molar-refractivity contribution is 0.0611. The van der Waals surface area contributed by atoms with E-state index < -0.39 is 5.76 Å². The molecule has 116 valence electrons. The number of aliphatic hydroxyl groups is 1. The Balaban J connectivity index is 2.04. The molecule has 0 aromatic heterocycles. The summed E-state index contributed by atoms with van der Waals surface area (Å²) >= 11 is 0.402. The third kappa shape index (κ3) is 4.39. The molecule has 1 aromatic rings. The molecule has 2 rings (SSSR count). The lowest BCUT2D eigenvalue weighted by Crippen LogP contribution is -2.49. The van der Waals surface area contributed by atoms with Crippen LogP contribution in [0.1, 0.15) is 10.4 Å². The van der Waals surface area contributed by atoms with Gasteiger partial charge in [0.05, 0.1) is 12.2 Å². The third-order valence-corrected chi connectivity index (χ3v) is 4.20. The van der Waals surface area contributed by atoms with Crippen LogP contribution >= 0.6 is 11.8 Å². The molecule has 1 heterocycles. The summed E-state index contributed by atoms with van der Waals surface area (Å²) in [5.74, 6) is -2.75. The Kier molecular flexibility index (Phi) is 5.96. The number of alkyl halides is 2. The zero-order chi connectivity index (χ0) is 15.2. The van der Waals surface area contributed by atoms with Crippen molar-refractivity contribution in [2.24, 2.45) is 0 Å². The number of benzene rings is 1. The predicted molar refractivity (Wildman–Crippen MR) is 77.7 cm³/mol. The summed E-state index contributed by atoms with van der Waals surface area (Å²) in [5.41, 5.74) is 0.332. The van der Waals surface area contributed by atoms with E-state index in [4.69, 9.17) is 5.11 Å². The summed E-state index contributed by atoms with van der Waals surface area (Å²) in [6.07, 6.45) is 0. The van der Waals surface area contributed by atoms with Crippen LogP contribution in [0.3, 0.4) is 0 Å². The molecule has 0 aliphatic carbocycles. The molecule has 7 heteroatoms. The maximum atomic E-state index is 12.5. The molecule has 0 atom stereocenters. The van der Waals surface area contributed by atoms with Crippen molar-refractivity contribution in [1.82, 2.24) is 9.80 Å². The number of halogens is 2. The summed E-state index contributed by atoms with van der Waals surface area (Å²) in [5, 5.41) is 8.90. The van der Waals surface area contributed by atoms with Crippen LogP contribution in [0, 0.1) is 0 Å². The van der Waals surface area contributed by atoms with Gasteiger partial charge in [-0.05, 0) is 12.1 Å². The molecule has 1 N–H and O–H groups in total. The maximum absolute atomic E-state index is 12.5. The minimum Gasteiger partial charge on any atom is -0.395 e. The van der Waals surface area contributed by atoms with Gasteiger partial charge < -0.3 is 10.0 Å². The number of piperazine rings is 1. The lowest BCUT2D eigenvalue weighted by atomic mass is 10.2. The molecule has 1 saturated heterocycles. The molecule has 1 aliphatic rings. The van der Waals surface area contributed by atoms with Crippen molar-refractivity contribution in [2.75, 3.05) is 39.3 Å². The highest BCUT2D eigenvalue weighted by molar-refractivity contribution is 7.99. The van der Waals surface area contributed by atoms with Crippen LogP contribution in [-0.2, 0) is 0 Å². The van der Waals surface area contributed by atoms with Crippen molar-refractivity contribution in [1.29, 1.82) is 0 Å². The fraction of sp³-hybridized carbons (Fsp3) is 0.500. The summed E-state index contributed by atoms with van der Waals surface area (Å²) < 4.78 is 25.1. The Bertz CT molecular complexity index is 480. The molecular weight excluding hydrogens is 298 g/mol. The monoisotopic (exact) mass is 316 g/mol. The molecule has 1 fully saturated rings. The van der Waals surface area contributed by atoms with Crippen molar-refractivity contribution in [2.45, 2.75) is 10.7 Å². The van der Waals surface area contributed by atoms with E-state index in [1.165, 1.54) is 0 Å². The van der Waals surface area contributed by atoms with Crippen LogP contribution in [0.25, 0.3) is 0 Å². The first-order valence-corrected chi connectivity index (χ1v) is 7.66. The molecule has 21 heavy (non-hydrogen) atoms. The number of hydrogen-bond donors (Lipinski definition) is 1. The van der Waals surface area contributed by atoms with Gasteiger partial charge in [-0.3, -0.25) is 9.69 Å². The Morgan fingerprint density at radius 3 is 2.52 bits per heavy atom. The number of rotatable bonds is 5. The minimum atomic E-state index is -2.54. The molecule has 0 spiro atoms. The molecule has 0 radical (unpaired) electrons. The van der Waals surface area contributed by atoms with Gasteiger partial charge in [-0.1, -0.05) is 23.9 Å². The van der Waals surface area contributed by atoms with Crippen LogP contribution in [0.4, 0.5) is 8.78 Å². The van der Waals surface area contributed by atoms with E-state index in [1.54, 1.807) is 29.2 Å². The van der Waals surface area contributed by atoms with E-state index in [9.17, 15) is 13.6 Å². The maximum Gasteiger partial charge on any atom is 0.288 e. The summed E-state index contributed by atoms with van der Waals surface area (Å²) in [6.45, 7) is 3.17. The number of carbonyl (C=O) groups is 1. The second-order valence-corrected chi connectivity index (χ2v) is 5.76. The molecular formula is C14H18F2N2O2S. The second kappa shape index (κ2) is 7.72. The van der Waals surface area contributed by atoms with Crippen LogP contribution in [0.15, 0.2) is 29.2 Å². The van der Waals surface area contributed by atoms with Gasteiger partial charge in [0.1, 0.15) is 0 Å². The number of amides is 1. The fourth-order valence-corrected chi connectivity index (χ4v) is 2.96. The second-order valence-electron chi connectivity index (χ2n) is 4.73. The zero-order valence-corrected chi connectivity index (χ0v) is 12.4. The Hall–Kier alpha value is -1.18. The van der Waals surface area contributed by atoms with Crippen molar-refractivity contribution < 1.29 is 18.7 Å². The van der Waals surface area contributed by atoms with Crippen LogP contribution < -0.4 is 0 Å². The van der Waals surface area contributed by atoms with Gasteiger partial charge in [0.15, 0.2) is 0 Å². The first-order valence-electron chi connectivity index (χ1n) is 6.78. The van der Waals surface area contributed by atoms with Gasteiger partial charge in [0.25, 0.3) is 11.7 Å². The smallest absolute Gasteiger partial charge is 0.288 e. The number of carbonyl (C=O) groups excluding carboxylic acids is 1. The number of thioether (sulfide) groups is 1. The van der Waals surface area contributed by atoms with Gasteiger partial charge >= 0.3 is 0 Å². The van der Waals surface area contributed by atoms with E-state index >= 15 is 0 Å². The zero-order valence-electron chi connectivity index (χ0n) is 11.5. The lowest BCUT2D eigenvalue weighted by Gasteiger charge is -2.34. The molecule has 4 nitrogen and oxygen atoms in total. The molecule has 0 bridgehead atoms. The Morgan fingerprint density at radius 1 is 1.24 bits per heavy atom. The quantitative estimate of drug-likeness (QED) is 0.841. The minimum absolute atomic E-state index is 0.0990. The highest BCUT2D eigenvalue weighted by Crippen LogP contribution is 2.29. The Labute approximate surface area is 126 Å². The van der Waals surface area contributed by atoms with E-state index in [1.807, 2.05) is 0 Å². The van der Waals surface area contributed by atoms with E-state index in [0.29, 0.717) is 54.9 Å². The number of β-amino-alcohol motifs (C(OH)–C–C–N with tert-alkyl or cyclic N) is 1. The summed E-state index contributed by atoms with van der Waals surface area (Å²) in [6, 6.07) is 6.48. The molecule has 0 saturated carbocycles. The SMILES string of the molecule is O=C(c1ccccc1SC(F)F)N1CCN(CCO)CC1. The predicted octanol–water partition coefficient (Wildman–Crippen LogP) is 1.75. The average Bonchev–Trinajstić information content (AvgIpc) is 2.48. The molecule has 0 unspecified atom stereocenters. The van der Waals surface area contributed by atoms with Crippen molar-refractivity contribution >= 4 is 17.7 Å². The summed E-state index contributed by atoms with van der Waals surface area (Å²) in [4.78, 5) is 16.5. The topological polar surface area (TPSA) is 43.8 Å². The van der Waals surface area contributed by atoms with Gasteiger partial charge in [-0.2, -0.15) is 8.78 Å². The molecule has 1 aromatic carbocycles. The molecule has 1 aliphatic heterocycles. The largest absolute Gasteiger partial charge is 0.395 e. The Morgan fingerprint density at radius 2 is 1.90 bits per heavy atom. The highest BCUT2D eigenvalue weighted by atomic mass is 32.2. The average molecular weight is 316 g/mol. The van der Waals surface area contributed by atoms with Gasteiger partial charge in [-0.25, -0.2) is 0 Å². The van der Waals surface area contributed by atoms with E-state index in [2.05, 4.69) is 4.90 Å². The van der Waals surface area contributed by atoms with Crippen LogP contribution in [0.5, 0.6) is 0 Å². The van der Waals surface area contributed by atoms with Crippen LogP contribution in [0.2, 0.25) is 0 Å². The number of aliphatic hydroxyl groups excluding tert-OH is 1. The highest BCUT2D eigenvalue weighted by Gasteiger charge is 2.24. The fourth-order valence-electron chi connectivity index (χ4n) is 2.33. The number of nitrogens with zero attached hydrogens (tertiary/aromatic N) is 2. The van der Waals surface area contributed by atoms with E-state index in [0.717, 1.165) is 0 Å². The number of hydrogen-bond acceptors (Lipinski definition) is 4. The van der Waals surface area contributed by atoms with E-state index in [-0.39, 0.29) is 12.5 Å². The normalized spacial score (nSPS) is 16.5. The van der Waals surface area contributed by atoms with Crippen LogP contribution in [-0.4, -0.2) is 65.9 Å². The third-order valence-electron chi connectivity index (χ3n) is 3.41. The van der Waals surface area contributed by atoms with Gasteiger partial charge in [-0.15, -0.1) is 0 Å². The first kappa shape index (κ1) is 16.2. The van der Waals surface area contributed by atoms with Gasteiger partial charge in [0.2, 0.25) is 0 Å². The first-order chi connectivity index (χ1) is 10.1.